The van der Waals surface area contributed by atoms with E-state index in [1.807, 2.05) is 24.3 Å². The highest BCUT2D eigenvalue weighted by atomic mass is 32.2. The number of nitrogens with zero attached hydrogens (tertiary/aromatic N) is 3. The first-order valence-corrected chi connectivity index (χ1v) is 7.39. The fourth-order valence-electron chi connectivity index (χ4n) is 2.06. The number of ether oxygens (including phenoxy) is 1. The monoisotopic (exact) mass is 298 g/mol. The average Bonchev–Trinajstić information content (AvgIpc) is 2.96. The van der Waals surface area contributed by atoms with E-state index in [1.54, 1.807) is 25.1 Å². The molecule has 0 atom stereocenters. The Bertz CT molecular complexity index is 751. The number of aromatic nitrogens is 4. The molecule has 6 heteroatoms. The van der Waals surface area contributed by atoms with Gasteiger partial charge in [0.25, 0.3) is 0 Å². The van der Waals surface area contributed by atoms with Crippen LogP contribution in [0.2, 0.25) is 0 Å². The van der Waals surface area contributed by atoms with Gasteiger partial charge in [0, 0.05) is 5.75 Å². The molecule has 2 heterocycles. The molecule has 0 amide bonds. The number of thioether (sulfide) groups is 1. The van der Waals surface area contributed by atoms with Crippen molar-refractivity contribution in [2.75, 3.05) is 12.9 Å². The van der Waals surface area contributed by atoms with E-state index in [-0.39, 0.29) is 0 Å². The molecule has 0 aliphatic carbocycles. The minimum atomic E-state index is 0.714. The van der Waals surface area contributed by atoms with Crippen molar-refractivity contribution in [3.63, 3.8) is 0 Å². The van der Waals surface area contributed by atoms with Crippen molar-refractivity contribution in [2.24, 2.45) is 0 Å². The maximum Gasteiger partial charge on any atom is 0.161 e. The summed E-state index contributed by atoms with van der Waals surface area (Å²) in [7, 11) is 1.67. The van der Waals surface area contributed by atoms with Crippen molar-refractivity contribution in [1.82, 2.24) is 19.9 Å². The van der Waals surface area contributed by atoms with Crippen molar-refractivity contribution in [2.45, 2.75) is 4.90 Å². The van der Waals surface area contributed by atoms with E-state index in [0.29, 0.717) is 5.65 Å². The number of hydrogen-bond donors (Lipinski definition) is 1. The molecule has 0 fully saturated rings. The molecular weight excluding hydrogens is 284 g/mol. The van der Waals surface area contributed by atoms with Crippen LogP contribution in [0.15, 0.2) is 48.3 Å². The Hall–Kier alpha value is -2.34. The largest absolute Gasteiger partial charge is 0.495 e. The van der Waals surface area contributed by atoms with Crippen molar-refractivity contribution in [3.8, 4) is 17.1 Å². The topological polar surface area (TPSA) is 63.7 Å². The Kier molecular flexibility index (Phi) is 3.87. The second kappa shape index (κ2) is 5.97. The maximum absolute atomic E-state index is 5.57. The number of methoxy groups -OCH3 is 1. The highest BCUT2D eigenvalue weighted by Crippen LogP contribution is 2.37. The van der Waals surface area contributed by atoms with E-state index >= 15 is 0 Å². The third-order valence-corrected chi connectivity index (χ3v) is 3.99. The number of imidazole rings is 1. The molecule has 0 radical (unpaired) electrons. The summed E-state index contributed by atoms with van der Waals surface area (Å²) in [5.41, 5.74) is 2.36. The van der Waals surface area contributed by atoms with Gasteiger partial charge in [-0.3, -0.25) is 0 Å². The standard InChI is InChI=1S/C15H14N4OS/c1-3-7-21-12-6-4-5-10(13(12)20-2)14-18-11-8-16-9-17-15(11)19-14/h3-6,8-9H,1,7H2,2H3,(H,16,17,18,19). The van der Waals surface area contributed by atoms with E-state index in [1.165, 1.54) is 6.33 Å². The molecule has 0 spiro atoms. The molecule has 2 aromatic heterocycles. The molecule has 1 N–H and O–H groups in total. The van der Waals surface area contributed by atoms with Gasteiger partial charge in [-0.25, -0.2) is 15.0 Å². The van der Waals surface area contributed by atoms with Gasteiger partial charge in [-0.15, -0.1) is 18.3 Å². The number of rotatable bonds is 5. The molecule has 0 unspecified atom stereocenters. The molecule has 106 valence electrons. The lowest BCUT2D eigenvalue weighted by atomic mass is 10.2. The summed E-state index contributed by atoms with van der Waals surface area (Å²) in [6.07, 6.45) is 5.05. The molecule has 3 rings (SSSR count). The van der Waals surface area contributed by atoms with Gasteiger partial charge in [0.1, 0.15) is 23.4 Å². The average molecular weight is 298 g/mol. The van der Waals surface area contributed by atoms with Crippen LogP contribution < -0.4 is 4.74 Å². The Morgan fingerprint density at radius 3 is 3.10 bits per heavy atom. The Morgan fingerprint density at radius 2 is 2.33 bits per heavy atom. The number of nitrogens with one attached hydrogen (secondary N) is 1. The molecule has 1 aromatic carbocycles. The van der Waals surface area contributed by atoms with Crippen molar-refractivity contribution in [1.29, 1.82) is 0 Å². The van der Waals surface area contributed by atoms with Gasteiger partial charge in [0.05, 0.1) is 23.8 Å². The predicted molar refractivity (Wildman–Crippen MR) is 84.6 cm³/mol. The lowest BCUT2D eigenvalue weighted by molar-refractivity contribution is 0.406. The van der Waals surface area contributed by atoms with Gasteiger partial charge in [-0.2, -0.15) is 0 Å². The SMILES string of the molecule is C=CCSc1cccc(-c2nc3cncnc3[nH]2)c1OC. The highest BCUT2D eigenvalue weighted by molar-refractivity contribution is 7.99. The van der Waals surface area contributed by atoms with Gasteiger partial charge in [-0.05, 0) is 12.1 Å². The quantitative estimate of drug-likeness (QED) is 0.578. The van der Waals surface area contributed by atoms with Crippen LogP contribution in [-0.2, 0) is 0 Å². The number of fused-ring (bicyclic) bond motifs is 1. The Labute approximate surface area is 126 Å². The lowest BCUT2D eigenvalue weighted by Gasteiger charge is -2.11. The summed E-state index contributed by atoms with van der Waals surface area (Å²) < 4.78 is 5.57. The van der Waals surface area contributed by atoms with Crippen LogP contribution in [0.4, 0.5) is 0 Å². The maximum atomic E-state index is 5.57. The van der Waals surface area contributed by atoms with Crippen molar-refractivity contribution in [3.05, 3.63) is 43.4 Å². The number of hydrogen-bond acceptors (Lipinski definition) is 5. The highest BCUT2D eigenvalue weighted by Gasteiger charge is 2.14. The second-order valence-corrected chi connectivity index (χ2v) is 5.34. The van der Waals surface area contributed by atoms with Gasteiger partial charge in [0.15, 0.2) is 5.65 Å². The Balaban J connectivity index is 2.10. The van der Waals surface area contributed by atoms with E-state index in [2.05, 4.69) is 26.5 Å². The number of aromatic amines is 1. The third kappa shape index (κ3) is 2.62. The van der Waals surface area contributed by atoms with Gasteiger partial charge >= 0.3 is 0 Å². The van der Waals surface area contributed by atoms with Gasteiger partial charge in [-0.1, -0.05) is 12.1 Å². The van der Waals surface area contributed by atoms with Crippen LogP contribution in [0.5, 0.6) is 5.75 Å². The number of H-pyrrole nitrogens is 1. The molecule has 0 saturated carbocycles. The smallest absolute Gasteiger partial charge is 0.161 e. The molecule has 0 saturated heterocycles. The van der Waals surface area contributed by atoms with Crippen LogP contribution in [0.1, 0.15) is 0 Å². The fourth-order valence-corrected chi connectivity index (χ4v) is 2.86. The summed E-state index contributed by atoms with van der Waals surface area (Å²) in [4.78, 5) is 16.9. The third-order valence-electron chi connectivity index (χ3n) is 2.96. The van der Waals surface area contributed by atoms with E-state index < -0.39 is 0 Å². The number of para-hydroxylation sites is 1. The minimum absolute atomic E-state index is 0.714. The zero-order valence-corrected chi connectivity index (χ0v) is 12.4. The minimum Gasteiger partial charge on any atom is -0.495 e. The molecule has 0 bridgehead atoms. The van der Waals surface area contributed by atoms with Gasteiger partial charge in [0.2, 0.25) is 0 Å². The molecule has 0 aliphatic heterocycles. The van der Waals surface area contributed by atoms with Crippen molar-refractivity contribution >= 4 is 22.9 Å². The first-order chi connectivity index (χ1) is 10.3. The normalized spacial score (nSPS) is 10.7. The summed E-state index contributed by atoms with van der Waals surface area (Å²) in [5.74, 6) is 2.35. The van der Waals surface area contributed by atoms with Crippen LogP contribution in [0.25, 0.3) is 22.6 Å². The fraction of sp³-hybridized carbons (Fsp3) is 0.133. The zero-order chi connectivity index (χ0) is 14.7. The molecule has 0 aliphatic rings. The van der Waals surface area contributed by atoms with Crippen LogP contribution >= 0.6 is 11.8 Å². The zero-order valence-electron chi connectivity index (χ0n) is 11.5. The summed E-state index contributed by atoms with van der Waals surface area (Å²) >= 11 is 1.67. The second-order valence-electron chi connectivity index (χ2n) is 4.28. The Morgan fingerprint density at radius 1 is 1.43 bits per heavy atom. The van der Waals surface area contributed by atoms with Crippen molar-refractivity contribution < 1.29 is 4.74 Å². The van der Waals surface area contributed by atoms with Crippen LogP contribution in [0, 0.1) is 0 Å². The molecule has 3 aromatic rings. The predicted octanol–water partition coefficient (Wildman–Crippen LogP) is 3.31. The van der Waals surface area contributed by atoms with E-state index in [9.17, 15) is 0 Å². The first kappa shape index (κ1) is 13.6. The lowest BCUT2D eigenvalue weighted by Crippen LogP contribution is -1.92. The van der Waals surface area contributed by atoms with E-state index in [0.717, 1.165) is 33.3 Å². The molecule has 5 nitrogen and oxygen atoms in total. The number of benzene rings is 1. The van der Waals surface area contributed by atoms with Crippen LogP contribution in [-0.4, -0.2) is 32.8 Å². The van der Waals surface area contributed by atoms with E-state index in [4.69, 9.17) is 4.74 Å². The molecule has 21 heavy (non-hydrogen) atoms. The van der Waals surface area contributed by atoms with Gasteiger partial charge < -0.3 is 9.72 Å². The van der Waals surface area contributed by atoms with Crippen LogP contribution in [0.3, 0.4) is 0 Å². The molecular formula is C15H14N4OS. The summed E-state index contributed by atoms with van der Waals surface area (Å²) in [6, 6.07) is 5.99. The first-order valence-electron chi connectivity index (χ1n) is 6.40. The summed E-state index contributed by atoms with van der Waals surface area (Å²) in [6.45, 7) is 3.75. The summed E-state index contributed by atoms with van der Waals surface area (Å²) in [5, 5.41) is 0.